The fraction of sp³-hybridized carbons (Fsp3) is 0.667. The van der Waals surface area contributed by atoms with Crippen molar-refractivity contribution in [1.29, 1.82) is 0 Å². The second-order valence-corrected chi connectivity index (χ2v) is 4.77. The van der Waals surface area contributed by atoms with Gasteiger partial charge in [0, 0.05) is 11.8 Å². The van der Waals surface area contributed by atoms with E-state index in [1.54, 1.807) is 0 Å². The zero-order valence-electron chi connectivity index (χ0n) is 9.20. The molecule has 2 heteroatoms. The molecule has 0 saturated heterocycles. The van der Waals surface area contributed by atoms with Crippen molar-refractivity contribution < 1.29 is 10.2 Å². The van der Waals surface area contributed by atoms with Gasteiger partial charge in [-0.2, -0.15) is 0 Å². The fourth-order valence-corrected chi connectivity index (χ4v) is 3.31. The number of aliphatic hydroxyl groups excluding tert-OH is 2. The van der Waals surface area contributed by atoms with Crippen molar-refractivity contribution in [3.05, 3.63) is 22.7 Å². The number of allylic oxidation sites excluding steroid dienone is 4. The van der Waals surface area contributed by atoms with E-state index >= 15 is 0 Å². The Balaban J connectivity index is 2.45. The third-order valence-corrected chi connectivity index (χ3v) is 4.13. The lowest BCUT2D eigenvalue weighted by molar-refractivity contribution is 0.289. The summed E-state index contributed by atoms with van der Waals surface area (Å²) >= 11 is 0. The number of hydrogen-bond acceptors (Lipinski definition) is 2. The summed E-state index contributed by atoms with van der Waals surface area (Å²) in [5.74, 6) is 2.08. The molecule has 0 aromatic carbocycles. The lowest BCUT2D eigenvalue weighted by Gasteiger charge is -2.19. The molecule has 4 unspecified atom stereocenters. The quantitative estimate of drug-likeness (QED) is 0.621. The molecule has 0 saturated carbocycles. The predicted molar refractivity (Wildman–Crippen MR) is 56.0 cm³/mol. The molecular formula is C12H18O2. The zero-order valence-corrected chi connectivity index (χ0v) is 9.20. The van der Waals surface area contributed by atoms with Gasteiger partial charge in [0.2, 0.25) is 0 Å². The Bertz CT molecular complexity index is 304. The summed E-state index contributed by atoms with van der Waals surface area (Å²) in [6, 6.07) is 0. The van der Waals surface area contributed by atoms with E-state index in [1.807, 2.05) is 27.7 Å². The van der Waals surface area contributed by atoms with Crippen LogP contribution in [0, 0.1) is 23.7 Å². The van der Waals surface area contributed by atoms with Gasteiger partial charge in [0.25, 0.3) is 0 Å². The lowest BCUT2D eigenvalue weighted by atomic mass is 9.83. The van der Waals surface area contributed by atoms with Gasteiger partial charge < -0.3 is 10.2 Å². The molecule has 0 heterocycles. The summed E-state index contributed by atoms with van der Waals surface area (Å²) in [4.78, 5) is 0. The molecule has 0 spiro atoms. The Hall–Kier alpha value is -0.920. The van der Waals surface area contributed by atoms with E-state index < -0.39 is 0 Å². The molecule has 0 aromatic rings. The maximum Gasteiger partial charge on any atom is 0.0949 e. The Kier molecular flexibility index (Phi) is 1.91. The van der Waals surface area contributed by atoms with Crippen LogP contribution in [0.1, 0.15) is 27.7 Å². The minimum atomic E-state index is 0.173. The average Bonchev–Trinajstić information content (AvgIpc) is 2.51. The molecule has 0 amide bonds. The first-order valence-electron chi connectivity index (χ1n) is 5.26. The van der Waals surface area contributed by atoms with Gasteiger partial charge in [-0.15, -0.1) is 0 Å². The molecule has 0 aromatic heterocycles. The molecule has 2 aliphatic rings. The molecule has 2 aliphatic carbocycles. The van der Waals surface area contributed by atoms with Gasteiger partial charge in [0.05, 0.1) is 11.5 Å². The Morgan fingerprint density at radius 2 is 1.07 bits per heavy atom. The van der Waals surface area contributed by atoms with Gasteiger partial charge >= 0.3 is 0 Å². The maximum atomic E-state index is 9.87. The van der Waals surface area contributed by atoms with Gasteiger partial charge in [-0.05, 0) is 36.8 Å². The second-order valence-electron chi connectivity index (χ2n) is 4.77. The fourth-order valence-electron chi connectivity index (χ4n) is 3.31. The standard InChI is InChI=1S/C12H18O2/c1-5-9-6(2)12(14)8(4)10(9)7(3)11(5)13/h5,8-10,13-14H,1-4H3. The largest absolute Gasteiger partial charge is 0.512 e. The Labute approximate surface area is 85.0 Å². The second kappa shape index (κ2) is 2.78. The first kappa shape index (κ1) is 9.63. The molecular weight excluding hydrogens is 176 g/mol. The minimum Gasteiger partial charge on any atom is -0.512 e. The molecule has 78 valence electrons. The average molecular weight is 194 g/mol. The van der Waals surface area contributed by atoms with Crippen molar-refractivity contribution >= 4 is 0 Å². The summed E-state index contributed by atoms with van der Waals surface area (Å²) in [6.45, 7) is 8.05. The van der Waals surface area contributed by atoms with Gasteiger partial charge in [-0.3, -0.25) is 0 Å². The van der Waals surface area contributed by atoms with E-state index in [9.17, 15) is 10.2 Å². The van der Waals surface area contributed by atoms with Crippen LogP contribution in [0.4, 0.5) is 0 Å². The van der Waals surface area contributed by atoms with Crippen LogP contribution in [0.5, 0.6) is 0 Å². The third-order valence-electron chi connectivity index (χ3n) is 4.13. The molecule has 0 fully saturated rings. The van der Waals surface area contributed by atoms with Crippen molar-refractivity contribution in [3.63, 3.8) is 0 Å². The van der Waals surface area contributed by atoms with Crippen LogP contribution in [0.3, 0.4) is 0 Å². The van der Waals surface area contributed by atoms with Crippen molar-refractivity contribution in [2.24, 2.45) is 23.7 Å². The van der Waals surface area contributed by atoms with Crippen LogP contribution in [-0.2, 0) is 0 Å². The van der Waals surface area contributed by atoms with Crippen molar-refractivity contribution in [2.75, 3.05) is 0 Å². The monoisotopic (exact) mass is 194 g/mol. The Morgan fingerprint density at radius 3 is 1.36 bits per heavy atom. The summed E-state index contributed by atoms with van der Waals surface area (Å²) in [5, 5.41) is 19.7. The van der Waals surface area contributed by atoms with E-state index in [0.29, 0.717) is 23.4 Å². The first-order valence-corrected chi connectivity index (χ1v) is 5.26. The highest BCUT2D eigenvalue weighted by Crippen LogP contribution is 2.54. The van der Waals surface area contributed by atoms with E-state index in [0.717, 1.165) is 11.1 Å². The van der Waals surface area contributed by atoms with Crippen LogP contribution in [0.15, 0.2) is 22.7 Å². The Morgan fingerprint density at radius 1 is 0.786 bits per heavy atom. The molecule has 2 N–H and O–H groups in total. The zero-order chi connectivity index (χ0) is 10.6. The molecule has 14 heavy (non-hydrogen) atoms. The highest BCUT2D eigenvalue weighted by Gasteiger charge is 2.48. The molecule has 0 bridgehead atoms. The number of fused-ring (bicyclic) bond motifs is 1. The SMILES string of the molecule is CC1=C(O)C(C)C2C(C)=C(O)C(C)C12. The number of aliphatic hydroxyl groups is 2. The normalized spacial score (nSPS) is 42.3. The molecule has 2 rings (SSSR count). The molecule has 0 aliphatic heterocycles. The summed E-state index contributed by atoms with van der Waals surface area (Å²) < 4.78 is 0. The molecule has 4 atom stereocenters. The van der Waals surface area contributed by atoms with Crippen molar-refractivity contribution in [3.8, 4) is 0 Å². The smallest absolute Gasteiger partial charge is 0.0949 e. The van der Waals surface area contributed by atoms with Gasteiger partial charge in [0.15, 0.2) is 0 Å². The highest BCUT2D eigenvalue weighted by molar-refractivity contribution is 5.35. The highest BCUT2D eigenvalue weighted by atomic mass is 16.3. The molecule has 0 radical (unpaired) electrons. The topological polar surface area (TPSA) is 40.5 Å². The lowest BCUT2D eigenvalue weighted by Crippen LogP contribution is -2.16. The van der Waals surface area contributed by atoms with Gasteiger partial charge in [-0.25, -0.2) is 0 Å². The number of rotatable bonds is 0. The van der Waals surface area contributed by atoms with E-state index in [4.69, 9.17) is 0 Å². The van der Waals surface area contributed by atoms with Gasteiger partial charge in [0.1, 0.15) is 0 Å². The van der Waals surface area contributed by atoms with E-state index in [2.05, 4.69) is 0 Å². The first-order chi connectivity index (χ1) is 6.46. The summed E-state index contributed by atoms with van der Waals surface area (Å²) in [6.07, 6.45) is 0. The maximum absolute atomic E-state index is 9.87. The third kappa shape index (κ3) is 0.915. The van der Waals surface area contributed by atoms with E-state index in [-0.39, 0.29) is 11.8 Å². The van der Waals surface area contributed by atoms with E-state index in [1.165, 1.54) is 0 Å². The van der Waals surface area contributed by atoms with Crippen LogP contribution in [0.2, 0.25) is 0 Å². The summed E-state index contributed by atoms with van der Waals surface area (Å²) in [5.41, 5.74) is 2.14. The minimum absolute atomic E-state index is 0.173. The summed E-state index contributed by atoms with van der Waals surface area (Å²) in [7, 11) is 0. The molecule has 2 nitrogen and oxygen atoms in total. The number of hydrogen-bond donors (Lipinski definition) is 2. The van der Waals surface area contributed by atoms with Crippen LogP contribution >= 0.6 is 0 Å². The van der Waals surface area contributed by atoms with Crippen molar-refractivity contribution in [2.45, 2.75) is 27.7 Å². The van der Waals surface area contributed by atoms with Crippen LogP contribution in [-0.4, -0.2) is 10.2 Å². The van der Waals surface area contributed by atoms with Crippen LogP contribution < -0.4 is 0 Å². The van der Waals surface area contributed by atoms with Crippen molar-refractivity contribution in [1.82, 2.24) is 0 Å². The van der Waals surface area contributed by atoms with Crippen LogP contribution in [0.25, 0.3) is 0 Å². The predicted octanol–water partition coefficient (Wildman–Crippen LogP) is 3.18. The van der Waals surface area contributed by atoms with Gasteiger partial charge in [-0.1, -0.05) is 13.8 Å².